The Labute approximate surface area is 151 Å². The van der Waals surface area contributed by atoms with Crippen molar-refractivity contribution in [1.82, 2.24) is 0 Å². The van der Waals surface area contributed by atoms with Gasteiger partial charge in [0.15, 0.2) is 5.78 Å². The van der Waals surface area contributed by atoms with Gasteiger partial charge in [0, 0.05) is 17.7 Å². The highest BCUT2D eigenvalue weighted by atomic mass is 16.6. The molecule has 0 aromatic heterocycles. The Balaban J connectivity index is 1.93. The number of nitrogens with zero attached hydrogens (tertiary/aromatic N) is 1. The smallest absolute Gasteiger partial charge is 0.270 e. The summed E-state index contributed by atoms with van der Waals surface area (Å²) >= 11 is 0. The lowest BCUT2D eigenvalue weighted by molar-refractivity contribution is -0.384. The number of fused-ring (bicyclic) bond motifs is 1. The van der Waals surface area contributed by atoms with Gasteiger partial charge in [0.2, 0.25) is 0 Å². The molecule has 0 amide bonds. The van der Waals surface area contributed by atoms with Crippen LogP contribution in [0.25, 0.3) is 6.08 Å². The minimum Gasteiger partial charge on any atom is -0.299 e. The number of hydrogen-bond donors (Lipinski definition) is 0. The first-order chi connectivity index (χ1) is 12.4. The van der Waals surface area contributed by atoms with Crippen LogP contribution in [0.5, 0.6) is 0 Å². The molecule has 0 spiro atoms. The van der Waals surface area contributed by atoms with E-state index in [1.54, 1.807) is 6.07 Å². The molecule has 26 heavy (non-hydrogen) atoms. The van der Waals surface area contributed by atoms with Crippen molar-refractivity contribution in [2.75, 3.05) is 0 Å². The van der Waals surface area contributed by atoms with Crippen LogP contribution in [0.2, 0.25) is 0 Å². The van der Waals surface area contributed by atoms with Crippen LogP contribution < -0.4 is 0 Å². The Kier molecular flexibility index (Phi) is 4.80. The molecule has 0 bridgehead atoms. The van der Waals surface area contributed by atoms with Crippen LogP contribution in [0.1, 0.15) is 41.3 Å². The quantitative estimate of drug-likeness (QED) is 0.455. The number of non-ortho nitro benzene ring substituents is 1. The molecule has 0 aliphatic heterocycles. The number of carbonyl (C=O) groups is 2. The number of aryl methyl sites for hydroxylation is 1. The number of carbonyl (C=O) groups excluding carboxylic acids is 2. The molecular weight excluding hydrogens is 330 g/mol. The summed E-state index contributed by atoms with van der Waals surface area (Å²) in [6.45, 7) is 1.43. The Hall–Kier alpha value is -3.08. The van der Waals surface area contributed by atoms with Gasteiger partial charge in [-0.25, -0.2) is 0 Å². The minimum atomic E-state index is -1.15. The summed E-state index contributed by atoms with van der Waals surface area (Å²) in [6.07, 6.45) is 5.00. The lowest BCUT2D eigenvalue weighted by atomic mass is 9.66. The van der Waals surface area contributed by atoms with E-state index in [4.69, 9.17) is 0 Å². The maximum atomic E-state index is 13.1. The van der Waals surface area contributed by atoms with Crippen LogP contribution in [-0.4, -0.2) is 16.5 Å². The van der Waals surface area contributed by atoms with Crippen molar-refractivity contribution < 1.29 is 14.5 Å². The molecule has 0 fully saturated rings. The summed E-state index contributed by atoms with van der Waals surface area (Å²) in [4.78, 5) is 36.0. The topological polar surface area (TPSA) is 77.3 Å². The highest BCUT2D eigenvalue weighted by molar-refractivity contribution is 6.15. The first kappa shape index (κ1) is 17.7. The lowest BCUT2D eigenvalue weighted by Crippen LogP contribution is -2.41. The molecule has 132 valence electrons. The van der Waals surface area contributed by atoms with Crippen molar-refractivity contribution >= 4 is 23.3 Å². The number of nitro groups is 1. The SMILES string of the molecule is CC(=O)[C@@]1(C/C=C/c2ccccc2)CCc2ccc([N+](=O)[O-])cc2C1=O. The number of benzene rings is 2. The summed E-state index contributed by atoms with van der Waals surface area (Å²) in [5.41, 5.74) is 0.785. The molecule has 0 unspecified atom stereocenters. The van der Waals surface area contributed by atoms with E-state index in [1.165, 1.54) is 19.1 Å². The van der Waals surface area contributed by atoms with Gasteiger partial charge in [-0.2, -0.15) is 0 Å². The number of ketones is 2. The standard InChI is InChI=1S/C21H19NO4/c1-15(23)21(12-5-8-16-6-3-2-4-7-16)13-11-17-9-10-18(22(25)26)14-19(17)20(21)24/h2-10,14H,11-13H2,1H3/b8-5+/t21-/m1/s1. The highest BCUT2D eigenvalue weighted by Crippen LogP contribution is 2.40. The fraction of sp³-hybridized carbons (Fsp3) is 0.238. The maximum absolute atomic E-state index is 13.1. The Morgan fingerprint density at radius 2 is 1.96 bits per heavy atom. The van der Waals surface area contributed by atoms with Crippen molar-refractivity contribution in [3.05, 3.63) is 81.4 Å². The summed E-state index contributed by atoms with van der Waals surface area (Å²) in [5.74, 6) is -0.509. The van der Waals surface area contributed by atoms with Crippen LogP contribution in [0, 0.1) is 15.5 Å². The molecule has 2 aromatic carbocycles. The van der Waals surface area contributed by atoms with Gasteiger partial charge in [0.05, 0.1) is 10.3 Å². The van der Waals surface area contributed by atoms with Crippen LogP contribution >= 0.6 is 0 Å². The van der Waals surface area contributed by atoms with E-state index in [0.29, 0.717) is 18.4 Å². The molecule has 0 N–H and O–H groups in total. The van der Waals surface area contributed by atoms with Crippen molar-refractivity contribution in [1.29, 1.82) is 0 Å². The third-order valence-corrected chi connectivity index (χ3v) is 5.05. The summed E-state index contributed by atoms with van der Waals surface area (Å²) < 4.78 is 0. The normalized spacial score (nSPS) is 19.3. The zero-order valence-electron chi connectivity index (χ0n) is 14.5. The second-order valence-corrected chi connectivity index (χ2v) is 6.58. The van der Waals surface area contributed by atoms with Crippen LogP contribution in [0.15, 0.2) is 54.6 Å². The van der Waals surface area contributed by atoms with Gasteiger partial charge in [-0.05, 0) is 37.3 Å². The molecule has 3 rings (SSSR count). The molecule has 2 aromatic rings. The van der Waals surface area contributed by atoms with Crippen molar-refractivity contribution in [3.63, 3.8) is 0 Å². The fourth-order valence-corrected chi connectivity index (χ4v) is 3.46. The van der Waals surface area contributed by atoms with Gasteiger partial charge in [-0.3, -0.25) is 19.7 Å². The first-order valence-electron chi connectivity index (χ1n) is 8.49. The molecule has 1 aliphatic rings. The number of hydrogen-bond acceptors (Lipinski definition) is 4. The van der Waals surface area contributed by atoms with Crippen LogP contribution in [0.4, 0.5) is 5.69 Å². The lowest BCUT2D eigenvalue weighted by Gasteiger charge is -2.33. The van der Waals surface area contributed by atoms with Gasteiger partial charge in [-0.15, -0.1) is 0 Å². The average Bonchev–Trinajstić information content (AvgIpc) is 2.64. The predicted molar refractivity (Wildman–Crippen MR) is 99.0 cm³/mol. The van der Waals surface area contributed by atoms with Crippen LogP contribution in [0.3, 0.4) is 0 Å². The molecule has 1 atom stereocenters. The highest BCUT2D eigenvalue weighted by Gasteiger charge is 2.45. The zero-order chi connectivity index (χ0) is 18.7. The fourth-order valence-electron chi connectivity index (χ4n) is 3.46. The molecule has 0 heterocycles. The van der Waals surface area contributed by atoms with Gasteiger partial charge < -0.3 is 0 Å². The van der Waals surface area contributed by atoms with E-state index >= 15 is 0 Å². The molecule has 0 saturated heterocycles. The Morgan fingerprint density at radius 1 is 1.23 bits per heavy atom. The van der Waals surface area contributed by atoms with E-state index in [9.17, 15) is 19.7 Å². The molecule has 0 radical (unpaired) electrons. The minimum absolute atomic E-state index is 0.128. The summed E-state index contributed by atoms with van der Waals surface area (Å²) in [7, 11) is 0. The molecule has 1 aliphatic carbocycles. The van der Waals surface area contributed by atoms with Crippen molar-refractivity contribution in [2.24, 2.45) is 5.41 Å². The van der Waals surface area contributed by atoms with Crippen molar-refractivity contribution in [3.8, 4) is 0 Å². The number of rotatable bonds is 5. The number of Topliss-reactive ketones (excluding diaryl/α,β-unsaturated/α-hetero) is 2. The van der Waals surface area contributed by atoms with Crippen molar-refractivity contribution in [2.45, 2.75) is 26.2 Å². The van der Waals surface area contributed by atoms with Gasteiger partial charge >= 0.3 is 0 Å². The van der Waals surface area contributed by atoms with Gasteiger partial charge in [-0.1, -0.05) is 48.6 Å². The molecule has 5 heteroatoms. The zero-order valence-corrected chi connectivity index (χ0v) is 14.5. The monoisotopic (exact) mass is 349 g/mol. The van der Waals surface area contributed by atoms with E-state index in [-0.39, 0.29) is 23.7 Å². The van der Waals surface area contributed by atoms with Gasteiger partial charge in [0.25, 0.3) is 5.69 Å². The number of nitro benzene ring substituents is 1. The first-order valence-corrected chi connectivity index (χ1v) is 8.49. The van der Waals surface area contributed by atoms with E-state index in [0.717, 1.165) is 11.1 Å². The molecule has 0 saturated carbocycles. The molecular formula is C21H19NO4. The predicted octanol–water partition coefficient (Wildman–Crippen LogP) is 4.40. The Morgan fingerprint density at radius 3 is 2.62 bits per heavy atom. The second kappa shape index (κ2) is 7.04. The van der Waals surface area contributed by atoms with E-state index in [2.05, 4.69) is 0 Å². The Bertz CT molecular complexity index is 901. The van der Waals surface area contributed by atoms with E-state index in [1.807, 2.05) is 42.5 Å². The third-order valence-electron chi connectivity index (χ3n) is 5.05. The largest absolute Gasteiger partial charge is 0.299 e. The van der Waals surface area contributed by atoms with Gasteiger partial charge in [0.1, 0.15) is 5.78 Å². The average molecular weight is 349 g/mol. The summed E-state index contributed by atoms with van der Waals surface area (Å²) in [6, 6.07) is 14.0. The molecule has 5 nitrogen and oxygen atoms in total. The van der Waals surface area contributed by atoms with Crippen LogP contribution in [-0.2, 0) is 11.2 Å². The second-order valence-electron chi connectivity index (χ2n) is 6.58. The maximum Gasteiger partial charge on any atom is 0.270 e. The van der Waals surface area contributed by atoms with E-state index < -0.39 is 10.3 Å². The summed E-state index contributed by atoms with van der Waals surface area (Å²) in [5, 5.41) is 11.0. The number of allylic oxidation sites excluding steroid dienone is 1. The third kappa shape index (κ3) is 3.20.